The van der Waals surface area contributed by atoms with Gasteiger partial charge >= 0.3 is 0 Å². The highest BCUT2D eigenvalue weighted by molar-refractivity contribution is 7.17. The van der Waals surface area contributed by atoms with E-state index in [0.717, 1.165) is 27.8 Å². The molecule has 0 spiro atoms. The monoisotopic (exact) mass is 478 g/mol. The molecule has 0 N–H and O–H groups in total. The smallest absolute Gasteiger partial charge is 0.263 e. The van der Waals surface area contributed by atoms with Crippen LogP contribution < -0.4 is 5.56 Å². The molecule has 0 fully saturated rings. The molecule has 0 atom stereocenters. The number of fused-ring (bicyclic) bond motifs is 1. The molecule has 9 heteroatoms. The minimum atomic E-state index is -0.343. The van der Waals surface area contributed by atoms with Gasteiger partial charge in [0.2, 0.25) is 0 Å². The minimum absolute atomic E-state index is 0.123. The van der Waals surface area contributed by atoms with Crippen LogP contribution in [-0.2, 0) is 6.54 Å². The largest absolute Gasteiger partial charge is 0.294 e. The Morgan fingerprint density at radius 2 is 1.85 bits per heavy atom. The van der Waals surface area contributed by atoms with Gasteiger partial charge in [-0.3, -0.25) is 18.7 Å². The number of aromatic nitrogens is 4. The van der Waals surface area contributed by atoms with E-state index in [1.807, 2.05) is 42.2 Å². The molecule has 0 aliphatic heterocycles. The fraction of sp³-hybridized carbons (Fsp3) is 0.167. The molecule has 5 rings (SSSR count). The molecule has 0 aliphatic rings. The third-order valence-corrected chi connectivity index (χ3v) is 7.39. The molecular formula is C24H19FN4O2S2. The van der Waals surface area contributed by atoms with Crippen LogP contribution in [0.3, 0.4) is 0 Å². The summed E-state index contributed by atoms with van der Waals surface area (Å²) in [4.78, 5) is 36.0. The van der Waals surface area contributed by atoms with Gasteiger partial charge in [0.05, 0.1) is 24.0 Å². The Hall–Kier alpha value is -3.43. The van der Waals surface area contributed by atoms with E-state index in [4.69, 9.17) is 0 Å². The van der Waals surface area contributed by atoms with Gasteiger partial charge in [0.15, 0.2) is 10.9 Å². The normalized spacial score (nSPS) is 11.4. The Balaban J connectivity index is 1.52. The molecule has 0 saturated heterocycles. The summed E-state index contributed by atoms with van der Waals surface area (Å²) in [6, 6.07) is 7.82. The van der Waals surface area contributed by atoms with Crippen molar-refractivity contribution in [1.29, 1.82) is 0 Å². The van der Waals surface area contributed by atoms with Crippen molar-refractivity contribution in [2.45, 2.75) is 27.3 Å². The summed E-state index contributed by atoms with van der Waals surface area (Å²) in [6.45, 7) is 5.62. The number of hydrogen-bond acceptors (Lipinski definition) is 6. The van der Waals surface area contributed by atoms with Gasteiger partial charge < -0.3 is 0 Å². The molecule has 0 radical (unpaired) electrons. The summed E-state index contributed by atoms with van der Waals surface area (Å²) < 4.78 is 16.6. The molecule has 0 bridgehead atoms. The van der Waals surface area contributed by atoms with Crippen LogP contribution in [0.2, 0.25) is 0 Å². The molecule has 4 heterocycles. The number of carbonyl (C=O) groups excluding carboxylic acids is 1. The van der Waals surface area contributed by atoms with Crippen molar-refractivity contribution in [3.8, 4) is 16.3 Å². The third kappa shape index (κ3) is 3.73. The maximum atomic E-state index is 13.3. The highest BCUT2D eigenvalue weighted by atomic mass is 32.1. The Morgan fingerprint density at radius 3 is 2.55 bits per heavy atom. The van der Waals surface area contributed by atoms with Crippen molar-refractivity contribution < 1.29 is 9.18 Å². The van der Waals surface area contributed by atoms with E-state index in [1.54, 1.807) is 12.1 Å². The maximum Gasteiger partial charge on any atom is 0.263 e. The van der Waals surface area contributed by atoms with E-state index in [0.29, 0.717) is 21.3 Å². The SMILES string of the molecule is Cc1csc(-n2c(C)cc(C(=O)Cn3cnc4scc(-c5ccc(F)cc5)c4c3=O)c2C)n1. The lowest BCUT2D eigenvalue weighted by atomic mass is 10.1. The molecule has 166 valence electrons. The van der Waals surface area contributed by atoms with E-state index in [1.165, 1.54) is 45.7 Å². The number of nitrogens with zero attached hydrogens (tertiary/aromatic N) is 4. The van der Waals surface area contributed by atoms with Crippen molar-refractivity contribution >= 4 is 38.7 Å². The molecule has 1 aromatic carbocycles. The Morgan fingerprint density at radius 1 is 1.09 bits per heavy atom. The molecule has 33 heavy (non-hydrogen) atoms. The topological polar surface area (TPSA) is 69.8 Å². The van der Waals surface area contributed by atoms with Crippen LogP contribution in [-0.4, -0.2) is 24.9 Å². The van der Waals surface area contributed by atoms with Crippen molar-refractivity contribution in [2.75, 3.05) is 0 Å². The summed E-state index contributed by atoms with van der Waals surface area (Å²) in [5, 5.41) is 5.05. The maximum absolute atomic E-state index is 13.3. The molecule has 6 nitrogen and oxygen atoms in total. The summed E-state index contributed by atoms with van der Waals surface area (Å²) >= 11 is 2.86. The zero-order valence-corrected chi connectivity index (χ0v) is 19.8. The van der Waals surface area contributed by atoms with Crippen LogP contribution >= 0.6 is 22.7 Å². The quantitative estimate of drug-likeness (QED) is 0.321. The third-order valence-electron chi connectivity index (χ3n) is 5.56. The lowest BCUT2D eigenvalue weighted by Gasteiger charge is -2.07. The standard InChI is InChI=1S/C24H19FN4O2S2/c1-13-10-33-24(27-13)29-14(2)8-18(15(29)3)20(30)9-28-12-26-22-21(23(28)31)19(11-32-22)16-4-6-17(25)7-5-16/h4-8,10-12H,9H2,1-3H3. The highest BCUT2D eigenvalue weighted by Crippen LogP contribution is 2.31. The van der Waals surface area contributed by atoms with Crippen LogP contribution in [0, 0.1) is 26.6 Å². The van der Waals surface area contributed by atoms with Gasteiger partial charge in [-0.25, -0.2) is 14.4 Å². The first-order valence-corrected chi connectivity index (χ1v) is 12.0. The van der Waals surface area contributed by atoms with E-state index < -0.39 is 0 Å². The minimum Gasteiger partial charge on any atom is -0.294 e. The first-order chi connectivity index (χ1) is 15.8. The number of Topliss-reactive ketones (excluding diaryl/α,β-unsaturated/α-hetero) is 1. The first-order valence-electron chi connectivity index (χ1n) is 10.2. The Labute approximate surface area is 196 Å². The Kier molecular flexibility index (Phi) is 5.30. The van der Waals surface area contributed by atoms with E-state index in [9.17, 15) is 14.0 Å². The average Bonchev–Trinajstić information content (AvgIpc) is 3.48. The van der Waals surface area contributed by atoms with Crippen molar-refractivity contribution in [3.63, 3.8) is 0 Å². The first kappa shape index (κ1) is 21.4. The van der Waals surface area contributed by atoms with Crippen LogP contribution in [0.4, 0.5) is 4.39 Å². The second kappa shape index (κ2) is 8.17. The number of thiazole rings is 1. The second-order valence-electron chi connectivity index (χ2n) is 7.83. The zero-order valence-electron chi connectivity index (χ0n) is 18.1. The number of halogens is 1. The highest BCUT2D eigenvalue weighted by Gasteiger charge is 2.20. The summed E-state index contributed by atoms with van der Waals surface area (Å²) in [7, 11) is 0. The predicted octanol–water partition coefficient (Wildman–Crippen LogP) is 5.32. The molecule has 0 amide bonds. The van der Waals surface area contributed by atoms with E-state index in [2.05, 4.69) is 9.97 Å². The number of carbonyl (C=O) groups is 1. The van der Waals surface area contributed by atoms with Crippen molar-refractivity contribution in [3.05, 3.63) is 86.2 Å². The van der Waals surface area contributed by atoms with Crippen LogP contribution in [0.25, 0.3) is 26.5 Å². The van der Waals surface area contributed by atoms with Crippen LogP contribution in [0.5, 0.6) is 0 Å². The van der Waals surface area contributed by atoms with Gasteiger partial charge in [-0.15, -0.1) is 22.7 Å². The Bertz CT molecular complexity index is 1570. The van der Waals surface area contributed by atoms with Gasteiger partial charge in [0.25, 0.3) is 5.56 Å². The van der Waals surface area contributed by atoms with Gasteiger partial charge in [-0.05, 0) is 44.5 Å². The van der Waals surface area contributed by atoms with Crippen LogP contribution in [0.1, 0.15) is 27.4 Å². The lowest BCUT2D eigenvalue weighted by molar-refractivity contribution is 0.0970. The van der Waals surface area contributed by atoms with E-state index in [-0.39, 0.29) is 23.7 Å². The summed E-state index contributed by atoms with van der Waals surface area (Å²) in [5.41, 5.74) is 4.29. The fourth-order valence-corrected chi connectivity index (χ4v) is 5.76. The molecular weight excluding hydrogens is 459 g/mol. The number of aryl methyl sites for hydroxylation is 2. The molecule has 5 aromatic rings. The summed E-state index contributed by atoms with van der Waals surface area (Å²) in [5.74, 6) is -0.519. The lowest BCUT2D eigenvalue weighted by Crippen LogP contribution is -2.24. The summed E-state index contributed by atoms with van der Waals surface area (Å²) in [6.07, 6.45) is 1.41. The van der Waals surface area contributed by atoms with Gasteiger partial charge in [0.1, 0.15) is 10.6 Å². The molecule has 0 aliphatic carbocycles. The van der Waals surface area contributed by atoms with Crippen LogP contribution in [0.15, 0.2) is 52.2 Å². The number of ketones is 1. The number of rotatable bonds is 5. The van der Waals surface area contributed by atoms with Gasteiger partial charge in [-0.1, -0.05) is 12.1 Å². The van der Waals surface area contributed by atoms with E-state index >= 15 is 0 Å². The molecule has 0 saturated carbocycles. The van der Waals surface area contributed by atoms with Crippen molar-refractivity contribution in [2.24, 2.45) is 0 Å². The molecule has 4 aromatic heterocycles. The second-order valence-corrected chi connectivity index (χ2v) is 9.52. The van der Waals surface area contributed by atoms with Gasteiger partial charge in [-0.2, -0.15) is 0 Å². The average molecular weight is 479 g/mol. The zero-order chi connectivity index (χ0) is 23.3. The number of hydrogen-bond donors (Lipinski definition) is 0. The predicted molar refractivity (Wildman–Crippen MR) is 129 cm³/mol. The molecule has 0 unspecified atom stereocenters. The number of thiophene rings is 1. The fourth-order valence-electron chi connectivity index (χ4n) is 3.95. The number of benzene rings is 1. The van der Waals surface area contributed by atoms with Gasteiger partial charge in [0, 0.05) is 33.3 Å². The van der Waals surface area contributed by atoms with Crippen molar-refractivity contribution in [1.82, 2.24) is 19.1 Å².